The molecule has 0 radical (unpaired) electrons. The summed E-state index contributed by atoms with van der Waals surface area (Å²) >= 11 is 3.39. The summed E-state index contributed by atoms with van der Waals surface area (Å²) in [5.74, 6) is -0.273. The van der Waals surface area contributed by atoms with Gasteiger partial charge in [-0.2, -0.15) is 0 Å². The largest absolute Gasteiger partial charge is 0.462 e. The molecule has 5 aromatic rings. The molecule has 3 aromatic carbocycles. The van der Waals surface area contributed by atoms with Gasteiger partial charge in [0.2, 0.25) is 16.9 Å². The number of ether oxygens (including phenoxy) is 3. The van der Waals surface area contributed by atoms with Gasteiger partial charge < -0.3 is 23.0 Å². The maximum Gasteiger partial charge on any atom is 0.379 e. The first kappa shape index (κ1) is 25.3. The SMILES string of the molecule is CCCOC(=O)c1ccc(Oc2c(C)oc3cc(OC(=O)c4cc5cc(Br)ccc5o4)ccc3c2=O)cc1. The third-order valence-electron chi connectivity index (χ3n) is 5.62. The molecule has 0 aliphatic carbocycles. The van der Waals surface area contributed by atoms with E-state index in [4.69, 9.17) is 23.0 Å². The molecular weight excluding hydrogens is 556 g/mol. The Kier molecular flexibility index (Phi) is 7.02. The summed E-state index contributed by atoms with van der Waals surface area (Å²) in [4.78, 5) is 37.8. The Morgan fingerprint density at radius 2 is 1.63 bits per heavy atom. The summed E-state index contributed by atoms with van der Waals surface area (Å²) in [7, 11) is 0. The van der Waals surface area contributed by atoms with Crippen LogP contribution in [-0.2, 0) is 4.74 Å². The van der Waals surface area contributed by atoms with Crippen LogP contribution in [0.4, 0.5) is 0 Å². The van der Waals surface area contributed by atoms with E-state index in [9.17, 15) is 14.4 Å². The van der Waals surface area contributed by atoms with E-state index >= 15 is 0 Å². The van der Waals surface area contributed by atoms with Gasteiger partial charge in [-0.3, -0.25) is 4.79 Å². The van der Waals surface area contributed by atoms with Gasteiger partial charge in [-0.25, -0.2) is 9.59 Å². The summed E-state index contributed by atoms with van der Waals surface area (Å²) in [6, 6.07) is 17.7. The molecule has 9 heteroatoms. The fourth-order valence-electron chi connectivity index (χ4n) is 3.78. The van der Waals surface area contributed by atoms with E-state index in [1.807, 2.05) is 19.1 Å². The summed E-state index contributed by atoms with van der Waals surface area (Å²) in [6.07, 6.45) is 0.730. The Bertz CT molecular complexity index is 1730. The minimum atomic E-state index is -0.683. The predicted octanol–water partition coefficient (Wildman–Crippen LogP) is 7.19. The molecule has 0 unspecified atom stereocenters. The average molecular weight is 577 g/mol. The minimum absolute atomic E-state index is 0.0111. The zero-order valence-electron chi connectivity index (χ0n) is 20.4. The standard InChI is InChI=1S/C29H21BrO8/c1-3-12-34-28(32)17-4-7-20(8-5-17)36-27-16(2)35-24-15-21(9-10-22(24)26(27)31)37-29(33)25-14-18-13-19(30)6-11-23(18)38-25/h4-11,13-15H,3,12H2,1-2H3. The zero-order chi connectivity index (χ0) is 26.8. The normalized spacial score (nSPS) is 11.0. The molecule has 192 valence electrons. The highest BCUT2D eigenvalue weighted by molar-refractivity contribution is 9.10. The van der Waals surface area contributed by atoms with Crippen molar-refractivity contribution in [3.8, 4) is 17.2 Å². The fraction of sp³-hybridized carbons (Fsp3) is 0.138. The smallest absolute Gasteiger partial charge is 0.379 e. The Balaban J connectivity index is 1.35. The van der Waals surface area contributed by atoms with E-state index in [0.29, 0.717) is 23.5 Å². The highest BCUT2D eigenvalue weighted by Crippen LogP contribution is 2.29. The van der Waals surface area contributed by atoms with Crippen molar-refractivity contribution in [2.45, 2.75) is 20.3 Å². The van der Waals surface area contributed by atoms with Crippen LogP contribution in [0, 0.1) is 6.92 Å². The van der Waals surface area contributed by atoms with Crippen LogP contribution in [0.2, 0.25) is 0 Å². The first-order chi connectivity index (χ1) is 18.3. The lowest BCUT2D eigenvalue weighted by Gasteiger charge is -2.10. The molecule has 0 atom stereocenters. The zero-order valence-corrected chi connectivity index (χ0v) is 22.0. The highest BCUT2D eigenvalue weighted by atomic mass is 79.9. The minimum Gasteiger partial charge on any atom is -0.462 e. The van der Waals surface area contributed by atoms with Gasteiger partial charge in [0.15, 0.2) is 0 Å². The van der Waals surface area contributed by atoms with Gasteiger partial charge in [0.1, 0.15) is 28.4 Å². The summed E-state index contributed by atoms with van der Waals surface area (Å²) in [6.45, 7) is 3.85. The number of carbonyl (C=O) groups is 2. The second kappa shape index (κ2) is 10.5. The van der Waals surface area contributed by atoms with E-state index in [1.165, 1.54) is 18.2 Å². The summed E-state index contributed by atoms with van der Waals surface area (Å²) in [5, 5.41) is 1.00. The molecule has 0 N–H and O–H groups in total. The average Bonchev–Trinajstić information content (AvgIpc) is 3.33. The molecule has 0 saturated heterocycles. The van der Waals surface area contributed by atoms with Gasteiger partial charge in [0, 0.05) is 15.9 Å². The van der Waals surface area contributed by atoms with Crippen LogP contribution in [-0.4, -0.2) is 18.5 Å². The van der Waals surface area contributed by atoms with Gasteiger partial charge in [-0.1, -0.05) is 22.9 Å². The summed E-state index contributed by atoms with van der Waals surface area (Å²) in [5.41, 5.74) is 0.771. The van der Waals surface area contributed by atoms with E-state index in [0.717, 1.165) is 16.3 Å². The highest BCUT2D eigenvalue weighted by Gasteiger charge is 2.18. The first-order valence-electron chi connectivity index (χ1n) is 11.8. The maximum atomic E-state index is 13.1. The van der Waals surface area contributed by atoms with Crippen LogP contribution in [0.3, 0.4) is 0 Å². The number of furan rings is 1. The van der Waals surface area contributed by atoms with Crippen molar-refractivity contribution >= 4 is 49.8 Å². The number of esters is 2. The van der Waals surface area contributed by atoms with Crippen LogP contribution >= 0.6 is 15.9 Å². The van der Waals surface area contributed by atoms with E-state index in [-0.39, 0.29) is 34.0 Å². The second-order valence-corrected chi connectivity index (χ2v) is 9.33. The van der Waals surface area contributed by atoms with Crippen molar-refractivity contribution in [1.82, 2.24) is 0 Å². The number of fused-ring (bicyclic) bond motifs is 2. The van der Waals surface area contributed by atoms with Gasteiger partial charge >= 0.3 is 11.9 Å². The molecular formula is C29H21BrO8. The van der Waals surface area contributed by atoms with Crippen molar-refractivity contribution in [2.75, 3.05) is 6.61 Å². The van der Waals surface area contributed by atoms with E-state index in [2.05, 4.69) is 15.9 Å². The molecule has 0 spiro atoms. The predicted molar refractivity (Wildman–Crippen MR) is 143 cm³/mol. The Morgan fingerprint density at radius 3 is 2.39 bits per heavy atom. The summed E-state index contributed by atoms with van der Waals surface area (Å²) < 4.78 is 28.6. The lowest BCUT2D eigenvalue weighted by Crippen LogP contribution is -2.09. The lowest BCUT2D eigenvalue weighted by atomic mass is 10.2. The van der Waals surface area contributed by atoms with Gasteiger partial charge in [-0.15, -0.1) is 0 Å². The van der Waals surface area contributed by atoms with Gasteiger partial charge in [-0.05, 0) is 74.0 Å². The lowest BCUT2D eigenvalue weighted by molar-refractivity contribution is 0.0504. The molecule has 0 fully saturated rings. The number of carbonyl (C=O) groups excluding carboxylic acids is 2. The number of hydrogen-bond acceptors (Lipinski definition) is 8. The van der Waals surface area contributed by atoms with Crippen molar-refractivity contribution < 1.29 is 32.6 Å². The molecule has 5 rings (SSSR count). The molecule has 0 aliphatic heterocycles. The first-order valence-corrected chi connectivity index (χ1v) is 12.6. The second-order valence-electron chi connectivity index (χ2n) is 8.42. The molecule has 2 aromatic heterocycles. The van der Waals surface area contributed by atoms with Crippen LogP contribution in [0.15, 0.2) is 84.8 Å². The Morgan fingerprint density at radius 1 is 0.868 bits per heavy atom. The molecule has 2 heterocycles. The van der Waals surface area contributed by atoms with E-state index in [1.54, 1.807) is 43.3 Å². The number of hydrogen-bond donors (Lipinski definition) is 0. The maximum absolute atomic E-state index is 13.1. The fourth-order valence-corrected chi connectivity index (χ4v) is 4.16. The number of halogens is 1. The quantitative estimate of drug-likeness (QED) is 0.148. The van der Waals surface area contributed by atoms with Gasteiger partial charge in [0.05, 0.1) is 17.6 Å². The monoisotopic (exact) mass is 576 g/mol. The molecule has 0 amide bonds. The Hall–Kier alpha value is -4.37. The van der Waals surface area contributed by atoms with Crippen molar-refractivity contribution in [3.05, 3.63) is 98.5 Å². The van der Waals surface area contributed by atoms with Crippen molar-refractivity contribution in [2.24, 2.45) is 0 Å². The topological polar surface area (TPSA) is 105 Å². The molecule has 0 saturated carbocycles. The molecule has 0 bridgehead atoms. The number of benzene rings is 3. The van der Waals surface area contributed by atoms with E-state index < -0.39 is 17.4 Å². The van der Waals surface area contributed by atoms with Crippen LogP contribution in [0.1, 0.15) is 40.0 Å². The molecule has 0 aliphatic rings. The Labute approximate surface area is 224 Å². The number of rotatable bonds is 7. The van der Waals surface area contributed by atoms with Crippen LogP contribution < -0.4 is 14.9 Å². The van der Waals surface area contributed by atoms with Crippen molar-refractivity contribution in [1.29, 1.82) is 0 Å². The molecule has 38 heavy (non-hydrogen) atoms. The van der Waals surface area contributed by atoms with Gasteiger partial charge in [0.25, 0.3) is 0 Å². The third-order valence-corrected chi connectivity index (χ3v) is 6.12. The third kappa shape index (κ3) is 5.19. The number of aryl methyl sites for hydroxylation is 1. The van der Waals surface area contributed by atoms with Crippen molar-refractivity contribution in [3.63, 3.8) is 0 Å². The molecule has 8 nitrogen and oxygen atoms in total. The van der Waals surface area contributed by atoms with Crippen LogP contribution in [0.5, 0.6) is 17.2 Å². The van der Waals surface area contributed by atoms with Crippen LogP contribution in [0.25, 0.3) is 21.9 Å².